The van der Waals surface area contributed by atoms with Gasteiger partial charge >= 0.3 is 0 Å². The Bertz CT molecular complexity index is 1130. The summed E-state index contributed by atoms with van der Waals surface area (Å²) in [6.45, 7) is 7.27. The number of carbonyl (C=O) groups is 1. The van der Waals surface area contributed by atoms with E-state index in [1.165, 1.54) is 5.56 Å². The topological polar surface area (TPSA) is 86.5 Å². The fourth-order valence-electron chi connectivity index (χ4n) is 5.29. The molecule has 0 saturated carbocycles. The number of aromatic nitrogens is 2. The number of fused-ring (bicyclic) bond motifs is 1. The van der Waals surface area contributed by atoms with Crippen LogP contribution in [0.15, 0.2) is 41.9 Å². The van der Waals surface area contributed by atoms with Crippen LogP contribution in [0.3, 0.4) is 0 Å². The van der Waals surface area contributed by atoms with Gasteiger partial charge in [0.15, 0.2) is 0 Å². The van der Waals surface area contributed by atoms with Gasteiger partial charge in [-0.05, 0) is 42.0 Å². The molecule has 1 aromatic heterocycles. The smallest absolute Gasteiger partial charge is 0.219 e. The Hall–Kier alpha value is -3.13. The molecule has 8 heteroatoms. The molecule has 1 fully saturated rings. The highest BCUT2D eigenvalue weighted by atomic mass is 16.5. The molecule has 2 aromatic rings. The number of anilines is 1. The predicted molar refractivity (Wildman–Crippen MR) is 133 cm³/mol. The van der Waals surface area contributed by atoms with Gasteiger partial charge in [0.2, 0.25) is 5.91 Å². The number of benzene rings is 1. The number of aryl methyl sites for hydroxylation is 1. The van der Waals surface area contributed by atoms with E-state index in [0.717, 1.165) is 60.5 Å². The summed E-state index contributed by atoms with van der Waals surface area (Å²) < 4.78 is 7.38. The molecule has 4 heterocycles. The molecule has 0 aliphatic carbocycles. The van der Waals surface area contributed by atoms with Crippen molar-refractivity contribution in [1.29, 1.82) is 5.41 Å². The third kappa shape index (κ3) is 4.46. The minimum absolute atomic E-state index is 0.0575. The minimum atomic E-state index is 0.0575. The zero-order valence-electron chi connectivity index (χ0n) is 20.3. The number of carbonyl (C=O) groups excluding carboxylic acids is 1. The van der Waals surface area contributed by atoms with Crippen LogP contribution in [-0.2, 0) is 23.0 Å². The fourth-order valence-corrected chi connectivity index (χ4v) is 5.29. The van der Waals surface area contributed by atoms with Crippen LogP contribution in [0.2, 0.25) is 0 Å². The minimum Gasteiger partial charge on any atom is -0.383 e. The third-order valence-corrected chi connectivity index (χ3v) is 7.13. The van der Waals surface area contributed by atoms with E-state index in [1.807, 2.05) is 29.0 Å². The molecule has 2 N–H and O–H groups in total. The van der Waals surface area contributed by atoms with E-state index in [-0.39, 0.29) is 11.9 Å². The third-order valence-electron chi connectivity index (χ3n) is 7.13. The number of ether oxygens (including phenoxy) is 1. The van der Waals surface area contributed by atoms with Gasteiger partial charge in [-0.1, -0.05) is 13.0 Å². The summed E-state index contributed by atoms with van der Waals surface area (Å²) in [4.78, 5) is 16.2. The Balaban J connectivity index is 1.48. The Kier molecular flexibility index (Phi) is 6.16. The van der Waals surface area contributed by atoms with E-state index in [9.17, 15) is 10.2 Å². The van der Waals surface area contributed by atoms with Crippen LogP contribution < -0.4 is 10.2 Å². The Morgan fingerprint density at radius 1 is 1.29 bits per heavy atom. The second kappa shape index (κ2) is 9.25. The second-order valence-corrected chi connectivity index (χ2v) is 9.87. The molecular formula is C26H34N6O2. The maximum Gasteiger partial charge on any atom is 0.219 e. The van der Waals surface area contributed by atoms with Gasteiger partial charge in [-0.25, -0.2) is 0 Å². The van der Waals surface area contributed by atoms with Crippen molar-refractivity contribution in [3.63, 3.8) is 0 Å². The summed E-state index contributed by atoms with van der Waals surface area (Å²) in [5.41, 5.74) is 6.60. The summed E-state index contributed by atoms with van der Waals surface area (Å²) in [6, 6.07) is 6.78. The summed E-state index contributed by atoms with van der Waals surface area (Å²) in [6.07, 6.45) is 6.62. The SMILES string of the molecule is CC(=O)N1CCC(NC2CCOC2)=C(C(=N)N2CC(C)Cc3cc(-c4cnn(C)c4)ccc32)C1. The Morgan fingerprint density at radius 3 is 2.85 bits per heavy atom. The largest absolute Gasteiger partial charge is 0.383 e. The molecule has 1 aromatic carbocycles. The quantitative estimate of drug-likeness (QED) is 0.539. The number of nitrogens with one attached hydrogen (secondary N) is 2. The summed E-state index contributed by atoms with van der Waals surface area (Å²) >= 11 is 0. The van der Waals surface area contributed by atoms with Crippen molar-refractivity contribution in [3.8, 4) is 11.1 Å². The van der Waals surface area contributed by atoms with E-state index in [0.29, 0.717) is 31.4 Å². The highest BCUT2D eigenvalue weighted by molar-refractivity contribution is 6.09. The van der Waals surface area contributed by atoms with Crippen molar-refractivity contribution >= 4 is 17.4 Å². The van der Waals surface area contributed by atoms with Crippen molar-refractivity contribution < 1.29 is 9.53 Å². The van der Waals surface area contributed by atoms with Crippen LogP contribution in [0, 0.1) is 11.3 Å². The van der Waals surface area contributed by atoms with E-state index < -0.39 is 0 Å². The van der Waals surface area contributed by atoms with Crippen LogP contribution in [0.25, 0.3) is 11.1 Å². The molecule has 3 aliphatic heterocycles. The summed E-state index contributed by atoms with van der Waals surface area (Å²) in [7, 11) is 1.93. The number of nitrogens with zero attached hydrogens (tertiary/aromatic N) is 4. The number of rotatable bonds is 4. The van der Waals surface area contributed by atoms with E-state index in [1.54, 1.807) is 6.92 Å². The maximum atomic E-state index is 12.2. The second-order valence-electron chi connectivity index (χ2n) is 9.87. The van der Waals surface area contributed by atoms with E-state index >= 15 is 0 Å². The lowest BCUT2D eigenvalue weighted by Crippen LogP contribution is -2.47. The van der Waals surface area contributed by atoms with Gasteiger partial charge < -0.3 is 19.9 Å². The van der Waals surface area contributed by atoms with Crippen LogP contribution in [0.4, 0.5) is 5.69 Å². The first-order valence-electron chi connectivity index (χ1n) is 12.2. The van der Waals surface area contributed by atoms with Gasteiger partial charge in [0.05, 0.1) is 25.4 Å². The molecule has 5 rings (SSSR count). The number of amides is 1. The first-order valence-corrected chi connectivity index (χ1v) is 12.2. The van der Waals surface area contributed by atoms with Gasteiger partial charge in [0.25, 0.3) is 0 Å². The summed E-state index contributed by atoms with van der Waals surface area (Å²) in [5, 5.41) is 17.3. The molecule has 2 unspecified atom stereocenters. The average Bonchev–Trinajstić information content (AvgIpc) is 3.49. The predicted octanol–water partition coefficient (Wildman–Crippen LogP) is 2.95. The van der Waals surface area contributed by atoms with Crippen molar-refractivity contribution in [2.75, 3.05) is 37.7 Å². The van der Waals surface area contributed by atoms with Crippen molar-refractivity contribution in [3.05, 3.63) is 47.4 Å². The molecule has 2 atom stereocenters. The number of amidine groups is 1. The van der Waals surface area contributed by atoms with Gasteiger partial charge in [-0.3, -0.25) is 14.9 Å². The van der Waals surface area contributed by atoms with Crippen LogP contribution in [-0.4, -0.2) is 65.3 Å². The average molecular weight is 463 g/mol. The molecule has 0 spiro atoms. The number of hydrogen-bond acceptors (Lipinski definition) is 5. The zero-order chi connectivity index (χ0) is 23.8. The first kappa shape index (κ1) is 22.7. The maximum absolute atomic E-state index is 12.2. The molecular weight excluding hydrogens is 428 g/mol. The van der Waals surface area contributed by atoms with Crippen molar-refractivity contribution in [2.45, 2.75) is 39.2 Å². The molecule has 0 bridgehead atoms. The Morgan fingerprint density at radius 2 is 2.15 bits per heavy atom. The lowest BCUT2D eigenvalue weighted by atomic mass is 9.90. The zero-order valence-corrected chi connectivity index (χ0v) is 20.3. The fraction of sp³-hybridized carbons (Fsp3) is 0.500. The lowest BCUT2D eigenvalue weighted by molar-refractivity contribution is -0.128. The van der Waals surface area contributed by atoms with E-state index in [4.69, 9.17) is 4.74 Å². The van der Waals surface area contributed by atoms with E-state index in [2.05, 4.69) is 40.4 Å². The monoisotopic (exact) mass is 462 g/mol. The van der Waals surface area contributed by atoms with Crippen molar-refractivity contribution in [1.82, 2.24) is 20.0 Å². The van der Waals surface area contributed by atoms with Gasteiger partial charge in [0.1, 0.15) is 5.84 Å². The Labute approximate surface area is 201 Å². The van der Waals surface area contributed by atoms with Crippen LogP contribution in [0.1, 0.15) is 32.3 Å². The molecule has 34 heavy (non-hydrogen) atoms. The highest BCUT2D eigenvalue weighted by Crippen LogP contribution is 2.35. The molecule has 1 amide bonds. The van der Waals surface area contributed by atoms with Crippen LogP contribution >= 0.6 is 0 Å². The first-order chi connectivity index (χ1) is 16.4. The van der Waals surface area contributed by atoms with Crippen LogP contribution in [0.5, 0.6) is 0 Å². The van der Waals surface area contributed by atoms with Gasteiger partial charge in [-0.2, -0.15) is 5.10 Å². The molecule has 0 radical (unpaired) electrons. The summed E-state index contributed by atoms with van der Waals surface area (Å²) in [5.74, 6) is 0.973. The number of hydrogen-bond donors (Lipinski definition) is 2. The molecule has 3 aliphatic rings. The van der Waals surface area contributed by atoms with Crippen molar-refractivity contribution in [2.24, 2.45) is 13.0 Å². The molecule has 8 nitrogen and oxygen atoms in total. The standard InChI is InChI=1S/C26H34N6O2/c1-17-10-20-11-19(21-12-28-30(3)14-21)4-5-25(20)32(13-17)26(27)23-15-31(18(2)33)8-6-24(23)29-22-7-9-34-16-22/h4-5,11-12,14,17,22,27,29H,6-10,13,15-16H2,1-3H3. The van der Waals surface area contributed by atoms with Gasteiger partial charge in [-0.15, -0.1) is 0 Å². The normalized spacial score (nSPS) is 22.7. The lowest BCUT2D eigenvalue weighted by Gasteiger charge is -2.39. The highest BCUT2D eigenvalue weighted by Gasteiger charge is 2.32. The molecule has 1 saturated heterocycles. The molecule has 180 valence electrons. The van der Waals surface area contributed by atoms with Gasteiger partial charge in [0, 0.05) is 68.8 Å².